The third-order valence-corrected chi connectivity index (χ3v) is 1.85. The molecule has 1 aromatic heterocycles. The Hall–Kier alpha value is -2.13. The van der Waals surface area contributed by atoms with E-state index in [4.69, 9.17) is 13.9 Å². The highest BCUT2D eigenvalue weighted by molar-refractivity contribution is 5.67. The van der Waals surface area contributed by atoms with Gasteiger partial charge in [0.1, 0.15) is 0 Å². The number of hydrogen-bond donors (Lipinski definition) is 1. The zero-order chi connectivity index (χ0) is 12.7. The highest BCUT2D eigenvalue weighted by Crippen LogP contribution is 2.22. The third-order valence-electron chi connectivity index (χ3n) is 1.85. The lowest BCUT2D eigenvalue weighted by molar-refractivity contribution is 0.163. The quantitative estimate of drug-likeness (QED) is 0.468. The maximum Gasteiger partial charge on any atom is 0.250 e. The third kappa shape index (κ3) is 3.16. The van der Waals surface area contributed by atoms with E-state index in [0.29, 0.717) is 0 Å². The van der Waals surface area contributed by atoms with Crippen LogP contribution in [0.4, 0.5) is 0 Å². The van der Waals surface area contributed by atoms with Gasteiger partial charge in [-0.2, -0.15) is 0 Å². The molecule has 1 heterocycles. The predicted molar refractivity (Wildman–Crippen MR) is 60.7 cm³/mol. The van der Waals surface area contributed by atoms with Gasteiger partial charge < -0.3 is 19.0 Å². The average molecular weight is 238 g/mol. The molecule has 5 heteroatoms. The molecule has 0 saturated carbocycles. The Morgan fingerprint density at radius 1 is 1.41 bits per heavy atom. The average Bonchev–Trinajstić information content (AvgIpc) is 2.86. The van der Waals surface area contributed by atoms with Crippen molar-refractivity contribution < 1.29 is 23.8 Å². The minimum Gasteiger partial charge on any atom is -0.502 e. The van der Waals surface area contributed by atoms with E-state index in [2.05, 4.69) is 0 Å². The topological polar surface area (TPSA) is 68.9 Å². The normalized spacial score (nSPS) is 11.4. The number of ether oxygens (including phenoxy) is 2. The van der Waals surface area contributed by atoms with E-state index in [1.807, 2.05) is 0 Å². The molecular formula is C12H14O5. The fourth-order valence-corrected chi connectivity index (χ4v) is 1.20. The van der Waals surface area contributed by atoms with Crippen molar-refractivity contribution >= 4 is 11.7 Å². The number of furan rings is 1. The van der Waals surface area contributed by atoms with Crippen molar-refractivity contribution in [1.82, 2.24) is 0 Å². The molecule has 1 N–H and O–H groups in total. The fraction of sp³-hybridized carbons (Fsp3) is 0.333. The van der Waals surface area contributed by atoms with E-state index < -0.39 is 0 Å². The van der Waals surface area contributed by atoms with Crippen LogP contribution in [0.3, 0.4) is 0 Å². The minimum atomic E-state index is -0.288. The first-order chi connectivity index (χ1) is 8.24. The molecule has 0 unspecified atom stereocenters. The van der Waals surface area contributed by atoms with Crippen LogP contribution in [0.25, 0.3) is 5.76 Å². The molecule has 92 valence electrons. The molecule has 0 saturated heterocycles. The molecule has 5 nitrogen and oxygen atoms in total. The van der Waals surface area contributed by atoms with Gasteiger partial charge in [-0.1, -0.05) is 0 Å². The van der Waals surface area contributed by atoms with Crippen molar-refractivity contribution in [3.05, 3.63) is 35.7 Å². The van der Waals surface area contributed by atoms with Gasteiger partial charge in [0.05, 0.1) is 19.5 Å². The van der Waals surface area contributed by atoms with Crippen LogP contribution < -0.4 is 0 Å². The molecule has 0 bridgehead atoms. The van der Waals surface area contributed by atoms with Crippen LogP contribution in [-0.2, 0) is 14.3 Å². The van der Waals surface area contributed by atoms with E-state index >= 15 is 0 Å². The van der Waals surface area contributed by atoms with Crippen molar-refractivity contribution in [2.45, 2.75) is 13.8 Å². The van der Waals surface area contributed by atoms with Crippen LogP contribution in [0.1, 0.15) is 19.6 Å². The molecule has 0 spiro atoms. The summed E-state index contributed by atoms with van der Waals surface area (Å²) >= 11 is 0. The highest BCUT2D eigenvalue weighted by Gasteiger charge is 2.18. The van der Waals surface area contributed by atoms with E-state index in [1.54, 1.807) is 31.9 Å². The van der Waals surface area contributed by atoms with Crippen LogP contribution >= 0.6 is 0 Å². The summed E-state index contributed by atoms with van der Waals surface area (Å²) in [5.41, 5.74) is 0. The Morgan fingerprint density at radius 2 is 2.12 bits per heavy atom. The highest BCUT2D eigenvalue weighted by atomic mass is 16.5. The van der Waals surface area contributed by atoms with E-state index in [-0.39, 0.29) is 36.3 Å². The van der Waals surface area contributed by atoms with E-state index in [9.17, 15) is 9.90 Å². The standard InChI is InChI=1S/C12H14O5/c1-3-15-10(8-13)12(16-4-2)11(14)9-6-5-7-17-9/h5-7,14H,3-4H2,1-2H3/b12-11-. The van der Waals surface area contributed by atoms with Crippen molar-refractivity contribution in [2.75, 3.05) is 13.2 Å². The molecule has 0 aliphatic carbocycles. The maximum atomic E-state index is 10.7. The number of aliphatic hydroxyl groups excluding tert-OH is 1. The van der Waals surface area contributed by atoms with Gasteiger partial charge in [-0.25, -0.2) is 4.79 Å². The summed E-state index contributed by atoms with van der Waals surface area (Å²) in [6, 6.07) is 3.16. The second kappa shape index (κ2) is 6.45. The zero-order valence-corrected chi connectivity index (χ0v) is 9.73. The Kier molecular flexibility index (Phi) is 4.91. The van der Waals surface area contributed by atoms with Crippen molar-refractivity contribution in [1.29, 1.82) is 0 Å². The second-order valence-corrected chi connectivity index (χ2v) is 2.95. The predicted octanol–water partition coefficient (Wildman–Crippen LogP) is 2.29. The summed E-state index contributed by atoms with van der Waals surface area (Å²) in [6.07, 6.45) is 1.40. The Balaban J connectivity index is 3.15. The molecule has 17 heavy (non-hydrogen) atoms. The Labute approximate surface area is 98.9 Å². The van der Waals surface area contributed by atoms with Gasteiger partial charge in [0, 0.05) is 0 Å². The van der Waals surface area contributed by atoms with Gasteiger partial charge in [0.25, 0.3) is 5.76 Å². The van der Waals surface area contributed by atoms with Crippen LogP contribution in [0.2, 0.25) is 0 Å². The fourth-order valence-electron chi connectivity index (χ4n) is 1.20. The largest absolute Gasteiger partial charge is 0.502 e. The lowest BCUT2D eigenvalue weighted by Crippen LogP contribution is -2.04. The van der Waals surface area contributed by atoms with E-state index in [1.165, 1.54) is 6.26 Å². The molecule has 0 aliphatic rings. The number of hydrogen-bond acceptors (Lipinski definition) is 5. The molecule has 0 amide bonds. The molecule has 1 rings (SSSR count). The molecular weight excluding hydrogens is 224 g/mol. The monoisotopic (exact) mass is 238 g/mol. The molecule has 0 radical (unpaired) electrons. The zero-order valence-electron chi connectivity index (χ0n) is 9.73. The van der Waals surface area contributed by atoms with E-state index in [0.717, 1.165) is 0 Å². The Morgan fingerprint density at radius 3 is 2.59 bits per heavy atom. The first-order valence-corrected chi connectivity index (χ1v) is 5.22. The van der Waals surface area contributed by atoms with Crippen LogP contribution in [0.5, 0.6) is 0 Å². The summed E-state index contributed by atoms with van der Waals surface area (Å²) in [7, 11) is 0. The van der Waals surface area contributed by atoms with Gasteiger partial charge >= 0.3 is 0 Å². The summed E-state index contributed by atoms with van der Waals surface area (Å²) in [4.78, 5) is 10.7. The van der Waals surface area contributed by atoms with Crippen LogP contribution in [-0.4, -0.2) is 24.3 Å². The lowest BCUT2D eigenvalue weighted by atomic mass is 10.3. The second-order valence-electron chi connectivity index (χ2n) is 2.95. The van der Waals surface area contributed by atoms with Gasteiger partial charge in [0.2, 0.25) is 11.5 Å². The van der Waals surface area contributed by atoms with Crippen LogP contribution in [0, 0.1) is 0 Å². The minimum absolute atomic E-state index is 0.0701. The van der Waals surface area contributed by atoms with Gasteiger partial charge in [-0.15, -0.1) is 0 Å². The molecule has 0 atom stereocenters. The molecule has 0 aromatic carbocycles. The maximum absolute atomic E-state index is 10.7. The van der Waals surface area contributed by atoms with Crippen molar-refractivity contribution in [3.8, 4) is 0 Å². The van der Waals surface area contributed by atoms with Crippen molar-refractivity contribution in [2.24, 2.45) is 0 Å². The van der Waals surface area contributed by atoms with Gasteiger partial charge in [-0.3, -0.25) is 0 Å². The summed E-state index contributed by atoms with van der Waals surface area (Å²) in [6.45, 7) is 3.99. The molecule has 1 aromatic rings. The molecule has 0 fully saturated rings. The number of carbonyl (C=O) groups excluding carboxylic acids is 1. The van der Waals surface area contributed by atoms with Gasteiger partial charge in [-0.05, 0) is 26.0 Å². The number of aliphatic hydroxyl groups is 1. The SMILES string of the molecule is CCOC(=C=O)/C(OCC)=C(/O)c1ccco1. The summed E-state index contributed by atoms with van der Waals surface area (Å²) in [5, 5.41) is 9.91. The van der Waals surface area contributed by atoms with Crippen molar-refractivity contribution in [3.63, 3.8) is 0 Å². The van der Waals surface area contributed by atoms with Gasteiger partial charge in [0.15, 0.2) is 11.7 Å². The smallest absolute Gasteiger partial charge is 0.250 e. The lowest BCUT2D eigenvalue weighted by Gasteiger charge is -2.11. The van der Waals surface area contributed by atoms with Crippen LogP contribution in [0.15, 0.2) is 34.3 Å². The summed E-state index contributed by atoms with van der Waals surface area (Å²) < 4.78 is 15.2. The first-order valence-electron chi connectivity index (χ1n) is 5.22. The molecule has 0 aliphatic heterocycles. The summed E-state index contributed by atoms with van der Waals surface area (Å²) in [5.74, 6) is 1.25. The number of rotatable bonds is 6. The first kappa shape index (κ1) is 12.9. The Bertz CT molecular complexity index is 424.